The maximum absolute atomic E-state index is 3.48. The first-order valence-corrected chi connectivity index (χ1v) is 1.52. The van der Waals surface area contributed by atoms with Crippen molar-refractivity contribution in [3.8, 4) is 0 Å². The molecule has 0 aromatic rings. The summed E-state index contributed by atoms with van der Waals surface area (Å²) in [7, 11) is 1.88. The van der Waals surface area contributed by atoms with Crippen LogP contribution in [0.15, 0.2) is 0 Å². The molecule has 0 fully saturated rings. The summed E-state index contributed by atoms with van der Waals surface area (Å²) >= 11 is 0. The predicted molar refractivity (Wildman–Crippen MR) is 21.6 cm³/mol. The van der Waals surface area contributed by atoms with E-state index >= 15 is 0 Å². The van der Waals surface area contributed by atoms with Gasteiger partial charge in [0.1, 0.15) is 0 Å². The molecule has 26 valence electrons. The number of hydrogen-bond acceptors (Lipinski definition) is 0. The van der Waals surface area contributed by atoms with Gasteiger partial charge in [-0.1, -0.05) is 14.2 Å². The SMILES string of the molecule is [CH2-][B]CC.[Y]. The van der Waals surface area contributed by atoms with Gasteiger partial charge in [-0.2, -0.15) is 0 Å². The van der Waals surface area contributed by atoms with Gasteiger partial charge in [-0.3, -0.25) is 0 Å². The maximum Gasteiger partial charge on any atom is 0 e. The fourth-order valence-corrected chi connectivity index (χ4v) is 0. The van der Waals surface area contributed by atoms with E-state index in [1.54, 1.807) is 0 Å². The van der Waals surface area contributed by atoms with Gasteiger partial charge in [0.05, 0.1) is 0 Å². The minimum Gasteiger partial charge on any atom is -0.373 e. The second-order valence-corrected chi connectivity index (χ2v) is 0.697. The first-order valence-electron chi connectivity index (χ1n) is 1.52. The third-order valence-corrected chi connectivity index (χ3v) is 0.289. The third kappa shape index (κ3) is 11.0. The van der Waals surface area contributed by atoms with Gasteiger partial charge in [-0.05, 0) is 0 Å². The molecule has 0 spiro atoms. The van der Waals surface area contributed by atoms with Gasteiger partial charge < -0.3 is 6.82 Å². The Morgan fingerprint density at radius 3 is 2.00 bits per heavy atom. The Morgan fingerprint density at radius 2 is 2.00 bits per heavy atom. The van der Waals surface area contributed by atoms with E-state index in [0.29, 0.717) is 0 Å². The summed E-state index contributed by atoms with van der Waals surface area (Å²) in [5.74, 6) is 0. The van der Waals surface area contributed by atoms with Gasteiger partial charge in [0.15, 0.2) is 0 Å². The van der Waals surface area contributed by atoms with Crippen LogP contribution in [0.2, 0.25) is 6.32 Å². The van der Waals surface area contributed by atoms with Crippen LogP contribution in [0, 0.1) is 6.82 Å². The van der Waals surface area contributed by atoms with Crippen LogP contribution in [-0.2, 0) is 32.7 Å². The molecule has 0 aliphatic carbocycles. The molecule has 0 bridgehead atoms. The molecule has 0 heterocycles. The molecule has 2 radical (unpaired) electrons. The Labute approximate surface area is 59.8 Å². The monoisotopic (exact) mass is 143 g/mol. The summed E-state index contributed by atoms with van der Waals surface area (Å²) in [6, 6.07) is 0. The van der Waals surface area contributed by atoms with Crippen LogP contribution in [0.3, 0.4) is 0 Å². The van der Waals surface area contributed by atoms with E-state index in [1.807, 2.05) is 7.28 Å². The zero-order chi connectivity index (χ0) is 3.41. The van der Waals surface area contributed by atoms with E-state index in [1.165, 1.54) is 0 Å². The number of hydrogen-bond donors (Lipinski definition) is 0. The van der Waals surface area contributed by atoms with Crippen LogP contribution >= 0.6 is 0 Å². The van der Waals surface area contributed by atoms with Crippen LogP contribution in [0.5, 0.6) is 0 Å². The van der Waals surface area contributed by atoms with Crippen molar-refractivity contribution in [1.29, 1.82) is 0 Å². The minimum absolute atomic E-state index is 0. The molecule has 0 amide bonds. The van der Waals surface area contributed by atoms with E-state index in [0.717, 1.165) is 6.32 Å². The molecule has 0 N–H and O–H groups in total. The van der Waals surface area contributed by atoms with Crippen molar-refractivity contribution < 1.29 is 32.7 Å². The first-order chi connectivity index (χ1) is 1.91. The molecule has 2 heteroatoms. The summed E-state index contributed by atoms with van der Waals surface area (Å²) in [6.07, 6.45) is 1.08. The maximum atomic E-state index is 3.48. The van der Waals surface area contributed by atoms with E-state index in [-0.39, 0.29) is 32.7 Å². The normalized spacial score (nSPS) is 5.20. The molecular formula is C3H7BY-. The molecule has 0 saturated heterocycles. The van der Waals surface area contributed by atoms with Crippen molar-refractivity contribution in [2.24, 2.45) is 0 Å². The Balaban J connectivity index is 0. The predicted octanol–water partition coefficient (Wildman–Crippen LogP) is 0.918. The van der Waals surface area contributed by atoms with Gasteiger partial charge >= 0.3 is 0 Å². The molecule has 0 nitrogen and oxygen atoms in total. The van der Waals surface area contributed by atoms with E-state index < -0.39 is 0 Å². The second kappa shape index (κ2) is 8.95. The molecule has 0 aromatic carbocycles. The average molecular weight is 143 g/mol. The fourth-order valence-electron chi connectivity index (χ4n) is 0. The van der Waals surface area contributed by atoms with Gasteiger partial charge in [-0.25, -0.2) is 0 Å². The fraction of sp³-hybridized carbons (Fsp3) is 0.667. The molecule has 0 aliphatic rings. The van der Waals surface area contributed by atoms with Gasteiger partial charge in [-0.15, -0.1) is 6.32 Å². The van der Waals surface area contributed by atoms with Crippen LogP contribution in [0.1, 0.15) is 6.92 Å². The topological polar surface area (TPSA) is 0 Å². The van der Waals surface area contributed by atoms with Crippen molar-refractivity contribution >= 4 is 7.28 Å². The van der Waals surface area contributed by atoms with Gasteiger partial charge in [0.25, 0.3) is 0 Å². The smallest absolute Gasteiger partial charge is 0 e. The molecule has 0 saturated carbocycles. The Morgan fingerprint density at radius 1 is 1.80 bits per heavy atom. The molecule has 0 aliphatic heterocycles. The zero-order valence-corrected chi connectivity index (χ0v) is 6.41. The third-order valence-electron chi connectivity index (χ3n) is 0.289. The summed E-state index contributed by atoms with van der Waals surface area (Å²) in [6.45, 7) is 5.54. The average Bonchev–Trinajstić information content (AvgIpc) is 1.37. The summed E-state index contributed by atoms with van der Waals surface area (Å²) in [5.41, 5.74) is 0. The molecule has 0 atom stereocenters. The van der Waals surface area contributed by atoms with E-state index in [2.05, 4.69) is 13.7 Å². The largest absolute Gasteiger partial charge is 0.373 e. The van der Waals surface area contributed by atoms with Crippen LogP contribution < -0.4 is 0 Å². The Hall–Kier alpha value is 1.17. The summed E-state index contributed by atoms with van der Waals surface area (Å²) in [4.78, 5) is 0. The van der Waals surface area contributed by atoms with Crippen LogP contribution in [0.25, 0.3) is 0 Å². The van der Waals surface area contributed by atoms with Crippen molar-refractivity contribution in [2.45, 2.75) is 13.2 Å². The Kier molecular flexibility index (Phi) is 17.0. The quantitative estimate of drug-likeness (QED) is 0.378. The molecule has 0 aromatic heterocycles. The van der Waals surface area contributed by atoms with Crippen molar-refractivity contribution in [3.05, 3.63) is 6.82 Å². The second-order valence-electron chi connectivity index (χ2n) is 0.697. The molecule has 0 unspecified atom stereocenters. The Bertz CT molecular complexity index is 8.85. The molecule has 0 rings (SSSR count). The minimum atomic E-state index is 0. The zero-order valence-electron chi connectivity index (χ0n) is 3.57. The van der Waals surface area contributed by atoms with Gasteiger partial charge in [0.2, 0.25) is 0 Å². The standard InChI is InChI=1S/C3H7B.Y/c1-3-4-2;/h2-3H2,1H3;/q-1;. The number of rotatable bonds is 1. The van der Waals surface area contributed by atoms with Crippen LogP contribution in [0.4, 0.5) is 0 Å². The summed E-state index contributed by atoms with van der Waals surface area (Å²) < 4.78 is 0. The molecular weight excluding hydrogens is 136 g/mol. The van der Waals surface area contributed by atoms with Gasteiger partial charge in [0, 0.05) is 32.7 Å². The summed E-state index contributed by atoms with van der Waals surface area (Å²) in [5, 5.41) is 0. The van der Waals surface area contributed by atoms with E-state index in [9.17, 15) is 0 Å². The van der Waals surface area contributed by atoms with Crippen molar-refractivity contribution in [1.82, 2.24) is 0 Å². The van der Waals surface area contributed by atoms with Crippen molar-refractivity contribution in [2.75, 3.05) is 0 Å². The van der Waals surface area contributed by atoms with Crippen LogP contribution in [-0.4, -0.2) is 7.28 Å². The molecule has 5 heavy (non-hydrogen) atoms. The van der Waals surface area contributed by atoms with E-state index in [4.69, 9.17) is 0 Å². The first kappa shape index (κ1) is 9.48. The van der Waals surface area contributed by atoms with Crippen molar-refractivity contribution in [3.63, 3.8) is 0 Å².